The number of ether oxygens (including phenoxy) is 1. The van der Waals surface area contributed by atoms with E-state index in [0.717, 1.165) is 18.4 Å². The molecular formula is C18H22FN3O2S. The van der Waals surface area contributed by atoms with E-state index in [2.05, 4.69) is 15.2 Å². The number of thiazole rings is 1. The summed E-state index contributed by atoms with van der Waals surface area (Å²) in [6.45, 7) is 1.98. The van der Waals surface area contributed by atoms with Crippen LogP contribution >= 0.6 is 11.3 Å². The fraction of sp³-hybridized carbons (Fsp3) is 0.444. The molecular weight excluding hydrogens is 341 g/mol. The van der Waals surface area contributed by atoms with Crippen molar-refractivity contribution in [2.75, 3.05) is 33.9 Å². The number of nitrogens with zero attached hydrogens (tertiary/aromatic N) is 2. The Morgan fingerprint density at radius 1 is 1.32 bits per heavy atom. The van der Waals surface area contributed by atoms with E-state index in [4.69, 9.17) is 4.74 Å². The molecule has 25 heavy (non-hydrogen) atoms. The normalized spacial score (nSPS) is 16.8. The zero-order valence-electron chi connectivity index (χ0n) is 14.4. The first-order valence-corrected chi connectivity index (χ1v) is 9.13. The van der Waals surface area contributed by atoms with Crippen LogP contribution in [0.3, 0.4) is 0 Å². The van der Waals surface area contributed by atoms with Gasteiger partial charge in [0, 0.05) is 36.2 Å². The van der Waals surface area contributed by atoms with Gasteiger partial charge in [-0.3, -0.25) is 4.79 Å². The third-order valence-corrected chi connectivity index (χ3v) is 5.67. The van der Waals surface area contributed by atoms with E-state index in [1.165, 1.54) is 23.5 Å². The van der Waals surface area contributed by atoms with Gasteiger partial charge in [-0.25, -0.2) is 9.37 Å². The maximum absolute atomic E-state index is 13.0. The summed E-state index contributed by atoms with van der Waals surface area (Å²) < 4.78 is 18.5. The van der Waals surface area contributed by atoms with E-state index >= 15 is 0 Å². The predicted octanol–water partition coefficient (Wildman–Crippen LogP) is 2.79. The van der Waals surface area contributed by atoms with Gasteiger partial charge < -0.3 is 15.0 Å². The van der Waals surface area contributed by atoms with Gasteiger partial charge in [0.1, 0.15) is 16.5 Å². The molecule has 1 fully saturated rings. The Morgan fingerprint density at radius 2 is 2.00 bits per heavy atom. The van der Waals surface area contributed by atoms with Crippen molar-refractivity contribution in [3.8, 4) is 10.6 Å². The minimum atomic E-state index is -0.288. The summed E-state index contributed by atoms with van der Waals surface area (Å²) in [5, 5.41) is 5.46. The fourth-order valence-electron chi connectivity index (χ4n) is 2.97. The number of rotatable bonds is 5. The number of aromatic nitrogens is 1. The van der Waals surface area contributed by atoms with Crippen molar-refractivity contribution in [1.29, 1.82) is 0 Å². The van der Waals surface area contributed by atoms with Crippen molar-refractivity contribution < 1.29 is 13.9 Å². The summed E-state index contributed by atoms with van der Waals surface area (Å²) >= 11 is 1.38. The van der Waals surface area contributed by atoms with Gasteiger partial charge in [-0.1, -0.05) is 0 Å². The molecule has 0 saturated carbocycles. The third kappa shape index (κ3) is 4.05. The topological polar surface area (TPSA) is 54.5 Å². The zero-order chi connectivity index (χ0) is 17.9. The van der Waals surface area contributed by atoms with Gasteiger partial charge in [0.15, 0.2) is 0 Å². The first kappa shape index (κ1) is 18.0. The van der Waals surface area contributed by atoms with E-state index in [1.54, 1.807) is 17.5 Å². The maximum atomic E-state index is 13.0. The molecule has 2 aromatic rings. The van der Waals surface area contributed by atoms with Crippen molar-refractivity contribution >= 4 is 17.2 Å². The van der Waals surface area contributed by atoms with E-state index in [1.807, 2.05) is 14.1 Å². The Hall–Kier alpha value is -1.83. The molecule has 5 nitrogen and oxygen atoms in total. The van der Waals surface area contributed by atoms with Gasteiger partial charge in [0.2, 0.25) is 0 Å². The molecule has 1 aliphatic heterocycles. The van der Waals surface area contributed by atoms with Gasteiger partial charge in [0.05, 0.1) is 0 Å². The molecule has 7 heteroatoms. The number of carbonyl (C=O) groups excluding carboxylic acids is 1. The van der Waals surface area contributed by atoms with Crippen molar-refractivity contribution in [1.82, 2.24) is 15.2 Å². The highest BCUT2D eigenvalue weighted by atomic mass is 32.1. The molecule has 0 spiro atoms. The highest BCUT2D eigenvalue weighted by Crippen LogP contribution is 2.26. The molecule has 1 saturated heterocycles. The zero-order valence-corrected chi connectivity index (χ0v) is 15.2. The van der Waals surface area contributed by atoms with Crippen molar-refractivity contribution in [2.24, 2.45) is 0 Å². The molecule has 0 unspecified atom stereocenters. The number of carbonyl (C=O) groups is 1. The molecule has 1 aromatic carbocycles. The summed E-state index contributed by atoms with van der Waals surface area (Å²) in [5.41, 5.74) is 1.12. The van der Waals surface area contributed by atoms with Crippen LogP contribution in [0.25, 0.3) is 10.6 Å². The second-order valence-corrected chi connectivity index (χ2v) is 7.32. The van der Waals surface area contributed by atoms with Crippen LogP contribution in [0.1, 0.15) is 23.3 Å². The number of hydrogen-bond donors (Lipinski definition) is 1. The number of nitrogens with one attached hydrogen (secondary N) is 1. The van der Waals surface area contributed by atoms with Crippen molar-refractivity contribution in [3.05, 3.63) is 41.2 Å². The quantitative estimate of drug-likeness (QED) is 0.888. The minimum Gasteiger partial charge on any atom is -0.381 e. The smallest absolute Gasteiger partial charge is 0.270 e. The lowest BCUT2D eigenvalue weighted by molar-refractivity contribution is -0.00659. The van der Waals surface area contributed by atoms with Crippen LogP contribution < -0.4 is 5.32 Å². The molecule has 1 N–H and O–H groups in total. The molecule has 0 atom stereocenters. The number of halogens is 1. The highest BCUT2D eigenvalue weighted by molar-refractivity contribution is 7.13. The molecule has 0 bridgehead atoms. The fourth-order valence-corrected chi connectivity index (χ4v) is 3.78. The largest absolute Gasteiger partial charge is 0.381 e. The molecule has 1 amide bonds. The van der Waals surface area contributed by atoms with E-state index in [9.17, 15) is 9.18 Å². The molecule has 2 heterocycles. The number of likely N-dealkylation sites (N-methyl/N-ethyl adjacent to an activating group) is 1. The summed E-state index contributed by atoms with van der Waals surface area (Å²) in [4.78, 5) is 19.0. The van der Waals surface area contributed by atoms with Gasteiger partial charge in [-0.2, -0.15) is 0 Å². The average molecular weight is 363 g/mol. The predicted molar refractivity (Wildman–Crippen MR) is 96.3 cm³/mol. The van der Waals surface area contributed by atoms with E-state index < -0.39 is 0 Å². The summed E-state index contributed by atoms with van der Waals surface area (Å²) in [6.07, 6.45) is 1.77. The first-order chi connectivity index (χ1) is 12.0. The van der Waals surface area contributed by atoms with Crippen LogP contribution in [0.15, 0.2) is 29.6 Å². The monoisotopic (exact) mass is 363 g/mol. The first-order valence-electron chi connectivity index (χ1n) is 8.25. The SMILES string of the molecule is CN(C)C1(CNC(=O)c2csc(-c3ccc(F)cc3)n2)CCOCC1. The number of amides is 1. The average Bonchev–Trinajstić information content (AvgIpc) is 3.11. The second-order valence-electron chi connectivity index (χ2n) is 6.46. The number of hydrogen-bond acceptors (Lipinski definition) is 5. The van der Waals surface area contributed by atoms with Crippen LogP contribution in [0.5, 0.6) is 0 Å². The van der Waals surface area contributed by atoms with Gasteiger partial charge in [0.25, 0.3) is 5.91 Å². The lowest BCUT2D eigenvalue weighted by atomic mass is 9.88. The Balaban J connectivity index is 1.66. The Labute approximate surface area is 150 Å². The van der Waals surface area contributed by atoms with E-state index in [-0.39, 0.29) is 17.3 Å². The van der Waals surface area contributed by atoms with Crippen LogP contribution in [0.2, 0.25) is 0 Å². The molecule has 134 valence electrons. The van der Waals surface area contributed by atoms with Crippen LogP contribution in [0.4, 0.5) is 4.39 Å². The van der Waals surface area contributed by atoms with Crippen LogP contribution in [-0.2, 0) is 4.74 Å². The van der Waals surface area contributed by atoms with Crippen molar-refractivity contribution in [3.63, 3.8) is 0 Å². The summed E-state index contributed by atoms with van der Waals surface area (Å²) in [7, 11) is 4.07. The van der Waals surface area contributed by atoms with E-state index in [0.29, 0.717) is 30.5 Å². The van der Waals surface area contributed by atoms with Gasteiger partial charge >= 0.3 is 0 Å². The number of benzene rings is 1. The maximum Gasteiger partial charge on any atom is 0.270 e. The minimum absolute atomic E-state index is 0.0796. The van der Waals surface area contributed by atoms with Gasteiger partial charge in [-0.15, -0.1) is 11.3 Å². The Bertz CT molecular complexity index is 724. The van der Waals surface area contributed by atoms with Crippen LogP contribution in [-0.4, -0.2) is 55.2 Å². The molecule has 1 aromatic heterocycles. The van der Waals surface area contributed by atoms with Gasteiger partial charge in [-0.05, 0) is 51.2 Å². The summed E-state index contributed by atoms with van der Waals surface area (Å²) in [5.74, 6) is -0.471. The third-order valence-electron chi connectivity index (χ3n) is 4.78. The summed E-state index contributed by atoms with van der Waals surface area (Å²) in [6, 6.07) is 6.11. The van der Waals surface area contributed by atoms with Crippen LogP contribution in [0, 0.1) is 5.82 Å². The Morgan fingerprint density at radius 3 is 2.64 bits per heavy atom. The Kier molecular flexibility index (Phi) is 5.46. The molecule has 3 rings (SSSR count). The lowest BCUT2D eigenvalue weighted by Crippen LogP contribution is -2.55. The lowest BCUT2D eigenvalue weighted by Gasteiger charge is -2.42. The highest BCUT2D eigenvalue weighted by Gasteiger charge is 2.35. The molecule has 0 aliphatic carbocycles. The molecule has 0 radical (unpaired) electrons. The standard InChI is InChI=1S/C18H22FN3O2S/c1-22(2)18(7-9-24-10-8-18)12-20-16(23)15-11-25-17(21-15)13-3-5-14(19)6-4-13/h3-6,11H,7-10,12H2,1-2H3,(H,20,23). The molecule has 1 aliphatic rings. The second kappa shape index (κ2) is 7.59. The van der Waals surface area contributed by atoms with Crippen molar-refractivity contribution in [2.45, 2.75) is 18.4 Å².